The lowest BCUT2D eigenvalue weighted by molar-refractivity contribution is 0.440. The van der Waals surface area contributed by atoms with Crippen LogP contribution in [0.25, 0.3) is 0 Å². The zero-order chi connectivity index (χ0) is 16.1. The third-order valence-corrected chi connectivity index (χ3v) is 3.42. The van der Waals surface area contributed by atoms with Crippen molar-refractivity contribution >= 4 is 17.3 Å². The molecule has 0 aliphatic rings. The average Bonchev–Trinajstić information content (AvgIpc) is 2.57. The minimum absolute atomic E-state index is 0.156. The molecule has 0 amide bonds. The summed E-state index contributed by atoms with van der Waals surface area (Å²) in [5.74, 6) is 0.207. The highest BCUT2D eigenvalue weighted by Crippen LogP contribution is 2.25. The van der Waals surface area contributed by atoms with Crippen LogP contribution in [0.5, 0.6) is 11.5 Å². The van der Waals surface area contributed by atoms with Crippen LogP contribution in [0.1, 0.15) is 5.56 Å². The molecule has 0 radical (unpaired) electrons. The molecule has 0 fully saturated rings. The molecule has 3 rings (SSSR count). The largest absolute Gasteiger partial charge is 0.453 e. The number of pyridine rings is 2. The van der Waals surface area contributed by atoms with Crippen molar-refractivity contribution in [1.29, 1.82) is 0 Å². The van der Waals surface area contributed by atoms with Gasteiger partial charge in [0.15, 0.2) is 11.6 Å². The molecule has 3 aromatic rings. The lowest BCUT2D eigenvalue weighted by atomic mass is 10.2. The number of anilines is 1. The third kappa shape index (κ3) is 3.96. The number of nitrogens with one attached hydrogen (secondary N) is 1. The van der Waals surface area contributed by atoms with Gasteiger partial charge in [0.1, 0.15) is 5.75 Å². The molecule has 0 unspecified atom stereocenters. The lowest BCUT2D eigenvalue weighted by Crippen LogP contribution is -2.01. The number of benzene rings is 1. The van der Waals surface area contributed by atoms with Crippen molar-refractivity contribution in [3.63, 3.8) is 0 Å². The monoisotopic (exact) mass is 329 g/mol. The van der Waals surface area contributed by atoms with E-state index in [0.29, 0.717) is 17.3 Å². The Labute approximate surface area is 137 Å². The Morgan fingerprint density at radius 2 is 1.96 bits per heavy atom. The topological polar surface area (TPSA) is 47.0 Å². The Hall–Kier alpha value is -2.66. The van der Waals surface area contributed by atoms with E-state index in [1.54, 1.807) is 48.9 Å². The highest BCUT2D eigenvalue weighted by molar-refractivity contribution is 6.33. The Kier molecular flexibility index (Phi) is 4.68. The molecule has 0 bridgehead atoms. The van der Waals surface area contributed by atoms with Gasteiger partial charge >= 0.3 is 0 Å². The van der Waals surface area contributed by atoms with Gasteiger partial charge in [-0.3, -0.25) is 9.97 Å². The molecule has 23 heavy (non-hydrogen) atoms. The van der Waals surface area contributed by atoms with Crippen LogP contribution in [0.3, 0.4) is 0 Å². The predicted molar refractivity (Wildman–Crippen MR) is 87.3 cm³/mol. The number of ether oxygens (including phenoxy) is 1. The fraction of sp³-hybridized carbons (Fsp3) is 0.0588. The summed E-state index contributed by atoms with van der Waals surface area (Å²) in [5, 5.41) is 3.65. The van der Waals surface area contributed by atoms with Gasteiger partial charge in [-0.15, -0.1) is 0 Å². The first kappa shape index (κ1) is 15.2. The maximum absolute atomic E-state index is 14.1. The van der Waals surface area contributed by atoms with E-state index in [4.69, 9.17) is 16.3 Å². The Bertz CT molecular complexity index is 799. The SMILES string of the molecule is Fc1cc(CNc2ccncc2Cl)ccc1Oc1cccnc1. The van der Waals surface area contributed by atoms with Gasteiger partial charge in [0.25, 0.3) is 0 Å². The van der Waals surface area contributed by atoms with Crippen LogP contribution >= 0.6 is 11.6 Å². The Balaban J connectivity index is 1.68. The number of nitrogens with zero attached hydrogens (tertiary/aromatic N) is 2. The van der Waals surface area contributed by atoms with Crippen molar-refractivity contribution in [2.75, 3.05) is 5.32 Å². The van der Waals surface area contributed by atoms with Gasteiger partial charge in [-0.1, -0.05) is 17.7 Å². The number of rotatable bonds is 5. The number of hydrogen-bond acceptors (Lipinski definition) is 4. The molecule has 4 nitrogen and oxygen atoms in total. The third-order valence-electron chi connectivity index (χ3n) is 3.11. The van der Waals surface area contributed by atoms with E-state index >= 15 is 0 Å². The maximum atomic E-state index is 14.1. The molecule has 1 N–H and O–H groups in total. The van der Waals surface area contributed by atoms with Gasteiger partial charge in [0.2, 0.25) is 0 Å². The summed E-state index contributed by atoms with van der Waals surface area (Å²) >= 11 is 6.01. The van der Waals surface area contributed by atoms with Crippen LogP contribution in [0.4, 0.5) is 10.1 Å². The van der Waals surface area contributed by atoms with Crippen molar-refractivity contribution in [3.8, 4) is 11.5 Å². The highest BCUT2D eigenvalue weighted by atomic mass is 35.5. The smallest absolute Gasteiger partial charge is 0.166 e. The van der Waals surface area contributed by atoms with E-state index in [-0.39, 0.29) is 5.75 Å². The molecule has 0 spiro atoms. The molecule has 0 atom stereocenters. The number of halogens is 2. The molecule has 6 heteroatoms. The highest BCUT2D eigenvalue weighted by Gasteiger charge is 2.07. The van der Waals surface area contributed by atoms with E-state index in [1.165, 1.54) is 12.3 Å². The fourth-order valence-corrected chi connectivity index (χ4v) is 2.17. The van der Waals surface area contributed by atoms with Crippen molar-refractivity contribution in [3.05, 3.63) is 77.6 Å². The van der Waals surface area contributed by atoms with Crippen molar-refractivity contribution in [2.24, 2.45) is 0 Å². The van der Waals surface area contributed by atoms with E-state index < -0.39 is 5.82 Å². The van der Waals surface area contributed by atoms with E-state index in [0.717, 1.165) is 11.3 Å². The molecule has 2 heterocycles. The molecule has 0 saturated carbocycles. The van der Waals surface area contributed by atoms with Gasteiger partial charge in [0.05, 0.1) is 16.9 Å². The van der Waals surface area contributed by atoms with Gasteiger partial charge in [0, 0.05) is 25.1 Å². The first-order valence-corrected chi connectivity index (χ1v) is 7.30. The molecular weight excluding hydrogens is 317 g/mol. The van der Waals surface area contributed by atoms with Crippen molar-refractivity contribution in [2.45, 2.75) is 6.54 Å². The summed E-state index contributed by atoms with van der Waals surface area (Å²) in [6.07, 6.45) is 6.34. The summed E-state index contributed by atoms with van der Waals surface area (Å²) in [6.45, 7) is 0.438. The average molecular weight is 330 g/mol. The quantitative estimate of drug-likeness (QED) is 0.738. The first-order valence-electron chi connectivity index (χ1n) is 6.92. The second kappa shape index (κ2) is 7.07. The van der Waals surface area contributed by atoms with Gasteiger partial charge < -0.3 is 10.1 Å². The molecule has 0 saturated heterocycles. The molecule has 1 aromatic carbocycles. The minimum Gasteiger partial charge on any atom is -0.453 e. The summed E-state index contributed by atoms with van der Waals surface area (Å²) in [6, 6.07) is 10.0. The Morgan fingerprint density at radius 1 is 1.09 bits per heavy atom. The van der Waals surface area contributed by atoms with Crippen LogP contribution in [-0.2, 0) is 6.54 Å². The van der Waals surface area contributed by atoms with E-state index in [2.05, 4.69) is 15.3 Å². The van der Waals surface area contributed by atoms with Gasteiger partial charge in [-0.25, -0.2) is 4.39 Å². The first-order chi connectivity index (χ1) is 11.2. The van der Waals surface area contributed by atoms with Crippen molar-refractivity contribution < 1.29 is 9.13 Å². The predicted octanol–water partition coefficient (Wildman–Crippen LogP) is 4.67. The minimum atomic E-state index is -0.436. The molecule has 2 aromatic heterocycles. The van der Waals surface area contributed by atoms with Gasteiger partial charge in [-0.2, -0.15) is 0 Å². The molecule has 0 aliphatic heterocycles. The normalized spacial score (nSPS) is 10.3. The summed E-state index contributed by atoms with van der Waals surface area (Å²) in [4.78, 5) is 7.84. The second-order valence-electron chi connectivity index (χ2n) is 4.76. The van der Waals surface area contributed by atoms with E-state index in [9.17, 15) is 4.39 Å². The molecular formula is C17H13ClFN3O. The standard InChI is InChI=1S/C17H13ClFN3O/c18-14-11-21-7-5-16(14)22-9-12-3-4-17(15(19)8-12)23-13-2-1-6-20-10-13/h1-8,10-11H,9H2,(H,21,22). The van der Waals surface area contributed by atoms with Gasteiger partial charge in [-0.05, 0) is 35.9 Å². The number of aromatic nitrogens is 2. The zero-order valence-corrected chi connectivity index (χ0v) is 12.8. The summed E-state index contributed by atoms with van der Waals surface area (Å²) < 4.78 is 19.6. The second-order valence-corrected chi connectivity index (χ2v) is 5.17. The summed E-state index contributed by atoms with van der Waals surface area (Å²) in [5.41, 5.74) is 1.52. The van der Waals surface area contributed by atoms with Crippen LogP contribution < -0.4 is 10.1 Å². The van der Waals surface area contributed by atoms with Crippen LogP contribution in [0.2, 0.25) is 5.02 Å². The fourth-order valence-electron chi connectivity index (χ4n) is 1.99. The Morgan fingerprint density at radius 3 is 2.70 bits per heavy atom. The van der Waals surface area contributed by atoms with Crippen LogP contribution in [0.15, 0.2) is 61.2 Å². The van der Waals surface area contributed by atoms with Crippen LogP contribution in [0, 0.1) is 5.82 Å². The molecule has 116 valence electrons. The summed E-state index contributed by atoms with van der Waals surface area (Å²) in [7, 11) is 0. The van der Waals surface area contributed by atoms with Crippen molar-refractivity contribution in [1.82, 2.24) is 9.97 Å². The maximum Gasteiger partial charge on any atom is 0.166 e. The van der Waals surface area contributed by atoms with E-state index in [1.807, 2.05) is 0 Å². The van der Waals surface area contributed by atoms with Crippen LogP contribution in [-0.4, -0.2) is 9.97 Å². The molecule has 0 aliphatic carbocycles. The zero-order valence-electron chi connectivity index (χ0n) is 12.0. The number of hydrogen-bond donors (Lipinski definition) is 1. The lowest BCUT2D eigenvalue weighted by Gasteiger charge is -2.10.